The van der Waals surface area contributed by atoms with E-state index in [9.17, 15) is 0 Å². The topological polar surface area (TPSA) is 34.6 Å². The Morgan fingerprint density at radius 1 is 1.32 bits per heavy atom. The first-order valence-electron chi connectivity index (χ1n) is 7.23. The molecule has 0 saturated carbocycles. The van der Waals surface area contributed by atoms with Gasteiger partial charge in [0.1, 0.15) is 0 Å². The van der Waals surface area contributed by atoms with Crippen LogP contribution in [0.25, 0.3) is 0 Å². The van der Waals surface area contributed by atoms with Gasteiger partial charge in [0, 0.05) is 30.8 Å². The Bertz CT molecular complexity index is 465. The maximum Gasteiger partial charge on any atom is 0.172 e. The minimum Gasteiger partial charge on any atom is -0.489 e. The first kappa shape index (κ1) is 12.7. The highest BCUT2D eigenvalue weighted by Gasteiger charge is 2.28. The molecule has 2 aliphatic rings. The monoisotopic (exact) mass is 262 g/mol. The molecule has 3 heterocycles. The zero-order valence-electron chi connectivity index (χ0n) is 12.0. The Balaban J connectivity index is 1.97. The maximum atomic E-state index is 5.81. The van der Waals surface area contributed by atoms with Crippen LogP contribution in [0.4, 0.5) is 5.82 Å². The van der Waals surface area contributed by atoms with Gasteiger partial charge in [-0.25, -0.2) is 4.98 Å². The SMILES string of the molecule is CCc1cc2c(c(N3C[C@@H](C)O[C@@H](C)C3)n1)OCC2. The second-order valence-electron chi connectivity index (χ2n) is 5.54. The van der Waals surface area contributed by atoms with Crippen molar-refractivity contribution in [1.29, 1.82) is 0 Å². The van der Waals surface area contributed by atoms with E-state index in [1.807, 2.05) is 0 Å². The lowest BCUT2D eigenvalue weighted by Gasteiger charge is -2.36. The summed E-state index contributed by atoms with van der Waals surface area (Å²) in [5.74, 6) is 2.02. The number of pyridine rings is 1. The number of nitrogens with zero attached hydrogens (tertiary/aromatic N) is 2. The van der Waals surface area contributed by atoms with Crippen LogP contribution in [-0.2, 0) is 17.6 Å². The molecule has 4 heteroatoms. The van der Waals surface area contributed by atoms with Crippen molar-refractivity contribution in [2.24, 2.45) is 0 Å². The van der Waals surface area contributed by atoms with Gasteiger partial charge < -0.3 is 14.4 Å². The fraction of sp³-hybridized carbons (Fsp3) is 0.667. The summed E-state index contributed by atoms with van der Waals surface area (Å²) in [5.41, 5.74) is 2.47. The van der Waals surface area contributed by atoms with Gasteiger partial charge in [0.05, 0.1) is 18.8 Å². The molecule has 0 radical (unpaired) electrons. The number of hydrogen-bond acceptors (Lipinski definition) is 4. The van der Waals surface area contributed by atoms with Gasteiger partial charge in [-0.05, 0) is 26.3 Å². The van der Waals surface area contributed by atoms with Crippen LogP contribution >= 0.6 is 0 Å². The van der Waals surface area contributed by atoms with Gasteiger partial charge in [-0.3, -0.25) is 0 Å². The van der Waals surface area contributed by atoms with Crippen molar-refractivity contribution in [1.82, 2.24) is 4.98 Å². The summed E-state index contributed by atoms with van der Waals surface area (Å²) in [4.78, 5) is 7.12. The third-order valence-electron chi connectivity index (χ3n) is 3.78. The summed E-state index contributed by atoms with van der Waals surface area (Å²) < 4.78 is 11.6. The number of anilines is 1. The van der Waals surface area contributed by atoms with Gasteiger partial charge in [-0.2, -0.15) is 0 Å². The molecule has 0 unspecified atom stereocenters. The number of fused-ring (bicyclic) bond motifs is 1. The van der Waals surface area contributed by atoms with E-state index < -0.39 is 0 Å². The molecular formula is C15H22N2O2. The summed E-state index contributed by atoms with van der Waals surface area (Å²) in [6.45, 7) is 8.95. The molecule has 3 rings (SSSR count). The smallest absolute Gasteiger partial charge is 0.172 e. The lowest BCUT2D eigenvalue weighted by molar-refractivity contribution is -0.00558. The van der Waals surface area contributed by atoms with Gasteiger partial charge >= 0.3 is 0 Å². The van der Waals surface area contributed by atoms with Crippen molar-refractivity contribution in [3.05, 3.63) is 17.3 Å². The van der Waals surface area contributed by atoms with Gasteiger partial charge in [-0.15, -0.1) is 0 Å². The van der Waals surface area contributed by atoms with Crippen LogP contribution in [-0.4, -0.2) is 36.9 Å². The van der Waals surface area contributed by atoms with Gasteiger partial charge in [0.25, 0.3) is 0 Å². The summed E-state index contributed by atoms with van der Waals surface area (Å²) >= 11 is 0. The normalized spacial score (nSPS) is 26.2. The van der Waals surface area contributed by atoms with Crippen molar-refractivity contribution in [3.63, 3.8) is 0 Å². The first-order chi connectivity index (χ1) is 9.17. The molecule has 0 amide bonds. The van der Waals surface area contributed by atoms with Crippen molar-refractivity contribution >= 4 is 5.82 Å². The number of hydrogen-bond donors (Lipinski definition) is 0. The standard InChI is InChI=1S/C15H22N2O2/c1-4-13-7-12-5-6-18-14(12)15(16-13)17-8-10(2)19-11(3)9-17/h7,10-11H,4-6,8-9H2,1-3H3/t10-,11+. The molecule has 0 N–H and O–H groups in total. The van der Waals surface area contributed by atoms with Crippen LogP contribution in [0.1, 0.15) is 32.0 Å². The van der Waals surface area contributed by atoms with Crippen LogP contribution in [0.15, 0.2) is 6.07 Å². The van der Waals surface area contributed by atoms with Gasteiger partial charge in [0.15, 0.2) is 11.6 Å². The van der Waals surface area contributed by atoms with Crippen molar-refractivity contribution in [2.45, 2.75) is 45.8 Å². The van der Waals surface area contributed by atoms with Crippen molar-refractivity contribution < 1.29 is 9.47 Å². The molecule has 1 aromatic heterocycles. The lowest BCUT2D eigenvalue weighted by atomic mass is 10.1. The third-order valence-corrected chi connectivity index (χ3v) is 3.78. The van der Waals surface area contributed by atoms with E-state index in [0.29, 0.717) is 0 Å². The van der Waals surface area contributed by atoms with Crippen LogP contribution in [0, 0.1) is 0 Å². The zero-order valence-corrected chi connectivity index (χ0v) is 12.0. The van der Waals surface area contributed by atoms with Crippen LogP contribution in [0.2, 0.25) is 0 Å². The molecule has 2 aliphatic heterocycles. The fourth-order valence-corrected chi connectivity index (χ4v) is 2.98. The number of rotatable bonds is 2. The molecule has 2 atom stereocenters. The van der Waals surface area contributed by atoms with E-state index >= 15 is 0 Å². The Labute approximate surface area is 114 Å². The van der Waals surface area contributed by atoms with Crippen molar-refractivity contribution in [3.8, 4) is 5.75 Å². The minimum atomic E-state index is 0.243. The number of aromatic nitrogens is 1. The van der Waals surface area contributed by atoms with E-state index in [2.05, 4.69) is 31.7 Å². The molecule has 1 saturated heterocycles. The predicted molar refractivity (Wildman–Crippen MR) is 75.0 cm³/mol. The highest BCUT2D eigenvalue weighted by atomic mass is 16.5. The molecule has 1 aromatic rings. The summed E-state index contributed by atoms with van der Waals surface area (Å²) in [6.07, 6.45) is 2.46. The van der Waals surface area contributed by atoms with Crippen LogP contribution in [0.5, 0.6) is 5.75 Å². The summed E-state index contributed by atoms with van der Waals surface area (Å²) in [6, 6.07) is 2.19. The second-order valence-corrected chi connectivity index (χ2v) is 5.54. The zero-order chi connectivity index (χ0) is 13.4. The van der Waals surface area contributed by atoms with E-state index in [1.165, 1.54) is 5.56 Å². The molecule has 1 fully saturated rings. The third kappa shape index (κ3) is 2.41. The Morgan fingerprint density at radius 2 is 2.05 bits per heavy atom. The van der Waals surface area contributed by atoms with E-state index in [0.717, 1.165) is 49.8 Å². The predicted octanol–water partition coefficient (Wildman–Crippen LogP) is 2.19. The highest BCUT2D eigenvalue weighted by molar-refractivity contribution is 5.59. The quantitative estimate of drug-likeness (QED) is 0.818. The fourth-order valence-electron chi connectivity index (χ4n) is 2.98. The molecule has 0 spiro atoms. The second kappa shape index (κ2) is 5.00. The van der Waals surface area contributed by atoms with E-state index in [4.69, 9.17) is 14.5 Å². The molecule has 0 aromatic carbocycles. The molecule has 4 nitrogen and oxygen atoms in total. The Kier molecular flexibility index (Phi) is 3.35. The minimum absolute atomic E-state index is 0.243. The molecule has 0 bridgehead atoms. The van der Waals surface area contributed by atoms with Crippen LogP contribution in [0.3, 0.4) is 0 Å². The highest BCUT2D eigenvalue weighted by Crippen LogP contribution is 2.36. The number of ether oxygens (including phenoxy) is 2. The van der Waals surface area contributed by atoms with Crippen molar-refractivity contribution in [2.75, 3.05) is 24.6 Å². The van der Waals surface area contributed by atoms with E-state index in [-0.39, 0.29) is 12.2 Å². The first-order valence-corrected chi connectivity index (χ1v) is 7.23. The maximum absolute atomic E-state index is 5.81. The molecule has 19 heavy (non-hydrogen) atoms. The number of morpholine rings is 1. The van der Waals surface area contributed by atoms with Gasteiger partial charge in [-0.1, -0.05) is 6.92 Å². The summed E-state index contributed by atoms with van der Waals surface area (Å²) in [7, 11) is 0. The average molecular weight is 262 g/mol. The van der Waals surface area contributed by atoms with Gasteiger partial charge in [0.2, 0.25) is 0 Å². The van der Waals surface area contributed by atoms with E-state index in [1.54, 1.807) is 0 Å². The average Bonchev–Trinajstić information content (AvgIpc) is 2.84. The summed E-state index contributed by atoms with van der Waals surface area (Å²) in [5, 5.41) is 0. The molecular weight excluding hydrogens is 240 g/mol. The molecule has 0 aliphatic carbocycles. The Hall–Kier alpha value is -1.29. The van der Waals surface area contributed by atoms with Crippen LogP contribution < -0.4 is 9.64 Å². The number of aryl methyl sites for hydroxylation is 1. The molecule has 104 valence electrons. The Morgan fingerprint density at radius 3 is 2.74 bits per heavy atom. The lowest BCUT2D eigenvalue weighted by Crippen LogP contribution is -2.46. The largest absolute Gasteiger partial charge is 0.489 e.